The summed E-state index contributed by atoms with van der Waals surface area (Å²) < 4.78 is 10.7. The molecule has 2 fully saturated rings. The summed E-state index contributed by atoms with van der Waals surface area (Å²) in [5.41, 5.74) is 3.28. The Balaban J connectivity index is 1.10. The van der Waals surface area contributed by atoms with E-state index in [-0.39, 0.29) is 23.8 Å². The van der Waals surface area contributed by atoms with Gasteiger partial charge in [-0.15, -0.1) is 0 Å². The molecule has 37 heavy (non-hydrogen) atoms. The number of piperidine rings is 2. The number of hydrogen-bond donors (Lipinski definition) is 1. The molecule has 7 heteroatoms. The second-order valence-electron chi connectivity index (χ2n) is 10.6. The Kier molecular flexibility index (Phi) is 7.99. The molecule has 2 amide bonds. The van der Waals surface area contributed by atoms with Crippen LogP contribution in [0.4, 0.5) is 0 Å². The number of benzene rings is 2. The summed E-state index contributed by atoms with van der Waals surface area (Å²) in [6, 6.07) is 14.5. The number of methoxy groups -OCH3 is 2. The molecule has 1 unspecified atom stereocenters. The van der Waals surface area contributed by atoms with Crippen molar-refractivity contribution < 1.29 is 19.1 Å². The summed E-state index contributed by atoms with van der Waals surface area (Å²) in [6.45, 7) is 3.38. The van der Waals surface area contributed by atoms with Crippen LogP contribution in [0.15, 0.2) is 42.5 Å². The number of nitrogens with zero attached hydrogens (tertiary/aromatic N) is 2. The van der Waals surface area contributed by atoms with E-state index in [4.69, 9.17) is 9.47 Å². The minimum atomic E-state index is 0.0234. The molecule has 1 aliphatic carbocycles. The Labute approximate surface area is 220 Å². The molecule has 198 valence electrons. The van der Waals surface area contributed by atoms with Gasteiger partial charge in [0.25, 0.3) is 5.91 Å². The van der Waals surface area contributed by atoms with Gasteiger partial charge in [-0.2, -0.15) is 0 Å². The quantitative estimate of drug-likeness (QED) is 0.637. The molecule has 2 aliphatic heterocycles. The van der Waals surface area contributed by atoms with Crippen molar-refractivity contribution in [2.24, 2.45) is 5.92 Å². The second kappa shape index (κ2) is 11.5. The van der Waals surface area contributed by atoms with Crippen LogP contribution in [0.2, 0.25) is 0 Å². The molecular weight excluding hydrogens is 466 g/mol. The van der Waals surface area contributed by atoms with Crippen molar-refractivity contribution in [1.29, 1.82) is 0 Å². The van der Waals surface area contributed by atoms with E-state index in [0.717, 1.165) is 71.1 Å². The van der Waals surface area contributed by atoms with Crippen molar-refractivity contribution in [1.82, 2.24) is 15.1 Å². The molecule has 2 saturated heterocycles. The monoisotopic (exact) mass is 505 g/mol. The molecule has 2 aromatic carbocycles. The zero-order valence-electron chi connectivity index (χ0n) is 22.1. The predicted octanol–water partition coefficient (Wildman–Crippen LogP) is 4.21. The van der Waals surface area contributed by atoms with E-state index >= 15 is 0 Å². The van der Waals surface area contributed by atoms with Crippen molar-refractivity contribution in [2.45, 2.75) is 57.0 Å². The molecule has 2 heterocycles. The highest BCUT2D eigenvalue weighted by molar-refractivity contribution is 5.95. The summed E-state index contributed by atoms with van der Waals surface area (Å²) >= 11 is 0. The van der Waals surface area contributed by atoms with E-state index in [0.29, 0.717) is 23.1 Å². The normalized spacial score (nSPS) is 21.2. The number of ether oxygens (including phenoxy) is 2. The van der Waals surface area contributed by atoms with Gasteiger partial charge in [-0.05, 0) is 81.3 Å². The number of nitrogens with one attached hydrogen (secondary N) is 1. The van der Waals surface area contributed by atoms with Gasteiger partial charge in [0.05, 0.1) is 20.3 Å². The number of fused-ring (bicyclic) bond motifs is 1. The first-order valence-corrected chi connectivity index (χ1v) is 13.7. The van der Waals surface area contributed by atoms with E-state index in [1.165, 1.54) is 11.1 Å². The minimum absolute atomic E-state index is 0.0234. The molecule has 5 rings (SSSR count). The van der Waals surface area contributed by atoms with Gasteiger partial charge in [-0.25, -0.2) is 0 Å². The van der Waals surface area contributed by atoms with Crippen LogP contribution in [0.3, 0.4) is 0 Å². The summed E-state index contributed by atoms with van der Waals surface area (Å²) in [4.78, 5) is 30.7. The van der Waals surface area contributed by atoms with Crippen molar-refractivity contribution in [3.05, 3.63) is 59.2 Å². The molecule has 0 spiro atoms. The average Bonchev–Trinajstić information content (AvgIpc) is 2.96. The number of rotatable bonds is 6. The summed E-state index contributed by atoms with van der Waals surface area (Å²) in [6.07, 6.45) is 7.00. The number of carbonyl (C=O) groups is 2. The third-order valence-corrected chi connectivity index (χ3v) is 8.45. The number of hydrogen-bond acceptors (Lipinski definition) is 5. The maximum absolute atomic E-state index is 13.1. The fourth-order valence-corrected chi connectivity index (χ4v) is 6.27. The van der Waals surface area contributed by atoms with Crippen molar-refractivity contribution in [2.75, 3.05) is 40.4 Å². The molecule has 0 bridgehead atoms. The molecule has 0 aromatic heterocycles. The fraction of sp³-hybridized carbons (Fsp3) is 0.533. The van der Waals surface area contributed by atoms with Crippen molar-refractivity contribution >= 4 is 11.8 Å². The molecule has 7 nitrogen and oxygen atoms in total. The number of likely N-dealkylation sites (tertiary alicyclic amines) is 2. The highest BCUT2D eigenvalue weighted by Crippen LogP contribution is 2.31. The lowest BCUT2D eigenvalue weighted by atomic mass is 9.86. The Morgan fingerprint density at radius 3 is 2.22 bits per heavy atom. The Bertz CT molecular complexity index is 1080. The first kappa shape index (κ1) is 25.6. The number of carbonyl (C=O) groups excluding carboxylic acids is 2. The molecule has 3 aliphatic rings. The molecule has 1 atom stereocenters. The zero-order valence-corrected chi connectivity index (χ0v) is 22.1. The van der Waals surface area contributed by atoms with Gasteiger partial charge in [0.1, 0.15) is 11.5 Å². The van der Waals surface area contributed by atoms with E-state index in [9.17, 15) is 9.59 Å². The lowest BCUT2D eigenvalue weighted by Crippen LogP contribution is -2.50. The van der Waals surface area contributed by atoms with Crippen molar-refractivity contribution in [3.8, 4) is 11.5 Å². The molecule has 1 N–H and O–H groups in total. The number of amides is 2. The van der Waals surface area contributed by atoms with Crippen LogP contribution in [0.1, 0.15) is 66.1 Å². The lowest BCUT2D eigenvalue weighted by molar-refractivity contribution is -0.127. The van der Waals surface area contributed by atoms with Crippen LogP contribution in [-0.2, 0) is 11.2 Å². The van der Waals surface area contributed by atoms with Crippen LogP contribution < -0.4 is 14.8 Å². The van der Waals surface area contributed by atoms with E-state index in [1.54, 1.807) is 32.4 Å². The Morgan fingerprint density at radius 2 is 1.54 bits per heavy atom. The summed E-state index contributed by atoms with van der Waals surface area (Å²) in [5.74, 6) is 1.58. The van der Waals surface area contributed by atoms with Gasteiger partial charge >= 0.3 is 0 Å². The highest BCUT2D eigenvalue weighted by atomic mass is 16.5. The van der Waals surface area contributed by atoms with Crippen LogP contribution in [-0.4, -0.2) is 68.1 Å². The first-order valence-electron chi connectivity index (χ1n) is 13.7. The smallest absolute Gasteiger partial charge is 0.254 e. The van der Waals surface area contributed by atoms with Crippen LogP contribution in [0.5, 0.6) is 11.5 Å². The average molecular weight is 506 g/mol. The topological polar surface area (TPSA) is 71.1 Å². The van der Waals surface area contributed by atoms with Gasteiger partial charge in [0.2, 0.25) is 5.91 Å². The molecule has 2 aromatic rings. The maximum Gasteiger partial charge on any atom is 0.254 e. The van der Waals surface area contributed by atoms with Gasteiger partial charge < -0.3 is 24.6 Å². The van der Waals surface area contributed by atoms with E-state index in [2.05, 4.69) is 34.5 Å². The first-order chi connectivity index (χ1) is 18.1. The largest absolute Gasteiger partial charge is 0.497 e. The van der Waals surface area contributed by atoms with Crippen LogP contribution in [0.25, 0.3) is 0 Å². The molecular formula is C30H39N3O4. The standard InChI is InChI=1S/C30H39N3O4/c1-36-25-18-23(19-26(20-25)37-2)30(35)33-16-12-24(13-17-33)32-14-10-22(11-15-32)29(34)31-28-9-5-7-21-6-3-4-8-27(21)28/h3-4,6,8,18-20,22,24,28H,5,7,9-17H2,1-2H3,(H,31,34). The Hall–Kier alpha value is -3.06. The van der Waals surface area contributed by atoms with Gasteiger partial charge in [-0.1, -0.05) is 24.3 Å². The fourth-order valence-electron chi connectivity index (χ4n) is 6.27. The van der Waals surface area contributed by atoms with Gasteiger partial charge in [0.15, 0.2) is 0 Å². The predicted molar refractivity (Wildman–Crippen MR) is 143 cm³/mol. The zero-order chi connectivity index (χ0) is 25.8. The van der Waals surface area contributed by atoms with Crippen molar-refractivity contribution in [3.63, 3.8) is 0 Å². The lowest BCUT2D eigenvalue weighted by Gasteiger charge is -2.41. The Morgan fingerprint density at radius 1 is 0.865 bits per heavy atom. The highest BCUT2D eigenvalue weighted by Gasteiger charge is 2.33. The number of aryl methyl sites for hydroxylation is 1. The second-order valence-corrected chi connectivity index (χ2v) is 10.6. The minimum Gasteiger partial charge on any atom is -0.497 e. The third kappa shape index (κ3) is 5.77. The summed E-state index contributed by atoms with van der Waals surface area (Å²) in [5, 5.41) is 3.37. The molecule has 0 radical (unpaired) electrons. The maximum atomic E-state index is 13.1. The van der Waals surface area contributed by atoms with E-state index < -0.39 is 0 Å². The van der Waals surface area contributed by atoms with Crippen LogP contribution in [0, 0.1) is 5.92 Å². The van der Waals surface area contributed by atoms with E-state index in [1.807, 2.05) is 4.90 Å². The summed E-state index contributed by atoms with van der Waals surface area (Å²) in [7, 11) is 3.19. The SMILES string of the molecule is COc1cc(OC)cc(C(=O)N2CCC(N3CCC(C(=O)NC4CCCc5ccccc54)CC3)CC2)c1. The van der Waals surface area contributed by atoms with Gasteiger partial charge in [-0.3, -0.25) is 9.59 Å². The van der Waals surface area contributed by atoms with Gasteiger partial charge in [0, 0.05) is 36.7 Å². The van der Waals surface area contributed by atoms with Crippen LogP contribution >= 0.6 is 0 Å². The molecule has 0 saturated carbocycles. The third-order valence-electron chi connectivity index (χ3n) is 8.45.